The summed E-state index contributed by atoms with van der Waals surface area (Å²) in [5, 5.41) is 16.2. The van der Waals surface area contributed by atoms with E-state index in [-0.39, 0.29) is 18.7 Å². The number of benzene rings is 1. The van der Waals surface area contributed by atoms with Gasteiger partial charge in [-0.15, -0.1) is 0 Å². The Labute approximate surface area is 112 Å². The highest BCUT2D eigenvalue weighted by atomic mass is 19.4. The molecule has 106 valence electrons. The number of hydrogen-bond donors (Lipinski definition) is 2. The first kappa shape index (κ1) is 12.8. The molecule has 0 radical (unpaired) electrons. The third-order valence-electron chi connectivity index (χ3n) is 3.30. The summed E-state index contributed by atoms with van der Waals surface area (Å²) in [6.45, 7) is 0.269. The molecule has 3 rings (SSSR count). The molecule has 0 saturated carbocycles. The summed E-state index contributed by atoms with van der Waals surface area (Å²) in [7, 11) is 0. The van der Waals surface area contributed by atoms with Gasteiger partial charge >= 0.3 is 6.18 Å². The van der Waals surface area contributed by atoms with Gasteiger partial charge in [-0.25, -0.2) is 4.68 Å². The topological polar surface area (TPSA) is 50.1 Å². The third kappa shape index (κ3) is 2.19. The molecule has 4 nitrogen and oxygen atoms in total. The maximum absolute atomic E-state index is 13.0. The van der Waals surface area contributed by atoms with Crippen LogP contribution in [0.1, 0.15) is 12.5 Å². The second-order valence-electron chi connectivity index (χ2n) is 4.68. The van der Waals surface area contributed by atoms with Gasteiger partial charge in [0.2, 0.25) is 0 Å². The number of rotatable bonds is 1. The predicted molar refractivity (Wildman–Crippen MR) is 67.5 cm³/mol. The van der Waals surface area contributed by atoms with E-state index in [1.54, 1.807) is 18.2 Å². The molecule has 2 N–H and O–H groups in total. The summed E-state index contributed by atoms with van der Waals surface area (Å²) in [5.41, 5.74) is 1.11. The number of anilines is 1. The number of aromatic nitrogens is 2. The maximum atomic E-state index is 13.0. The van der Waals surface area contributed by atoms with E-state index in [1.165, 1.54) is 12.1 Å². The van der Waals surface area contributed by atoms with E-state index in [4.69, 9.17) is 0 Å². The number of hydrogen-bond acceptors (Lipinski definition) is 3. The summed E-state index contributed by atoms with van der Waals surface area (Å²) in [6, 6.07) is 6.18. The van der Waals surface area contributed by atoms with Crippen molar-refractivity contribution in [3.05, 3.63) is 30.3 Å². The van der Waals surface area contributed by atoms with Gasteiger partial charge in [-0.1, -0.05) is 0 Å². The van der Waals surface area contributed by atoms with E-state index in [9.17, 15) is 18.3 Å². The molecular formula is C13H12F3N3O. The molecule has 1 aliphatic rings. The van der Waals surface area contributed by atoms with Crippen LogP contribution in [0.4, 0.5) is 19.0 Å². The molecule has 1 aliphatic heterocycles. The number of phenolic OH excluding ortho intramolecular Hbond substituents is 1. The molecule has 0 saturated heterocycles. The van der Waals surface area contributed by atoms with Crippen molar-refractivity contribution in [1.82, 2.24) is 9.78 Å². The van der Waals surface area contributed by atoms with Crippen LogP contribution in [0.3, 0.4) is 0 Å². The molecule has 0 fully saturated rings. The highest BCUT2D eigenvalue weighted by Crippen LogP contribution is 2.38. The lowest BCUT2D eigenvalue weighted by Gasteiger charge is -2.27. The fourth-order valence-corrected chi connectivity index (χ4v) is 2.30. The van der Waals surface area contributed by atoms with E-state index in [0.717, 1.165) is 4.68 Å². The standard InChI is InChI=1S/C13H12F3N3O/c14-13(15,16)11-5-6-17-12-7-10(18-19(11)12)8-1-3-9(20)4-2-8/h1-4,7,11,17,20H,5-6H2. The van der Waals surface area contributed by atoms with Gasteiger partial charge in [0, 0.05) is 18.2 Å². The van der Waals surface area contributed by atoms with Crippen LogP contribution in [-0.4, -0.2) is 27.6 Å². The highest BCUT2D eigenvalue weighted by molar-refractivity contribution is 5.64. The average Bonchev–Trinajstić information content (AvgIpc) is 2.81. The number of fused-ring (bicyclic) bond motifs is 1. The Hall–Kier alpha value is -2.18. The van der Waals surface area contributed by atoms with E-state index < -0.39 is 12.2 Å². The van der Waals surface area contributed by atoms with Gasteiger partial charge in [0.05, 0.1) is 5.69 Å². The zero-order valence-electron chi connectivity index (χ0n) is 10.4. The minimum atomic E-state index is -4.31. The molecular weight excluding hydrogens is 271 g/mol. The first-order chi connectivity index (χ1) is 9.45. The zero-order chi connectivity index (χ0) is 14.3. The number of halogens is 3. The fraction of sp³-hybridized carbons (Fsp3) is 0.308. The van der Waals surface area contributed by atoms with Gasteiger partial charge in [-0.3, -0.25) is 0 Å². The minimum absolute atomic E-state index is 0.0345. The largest absolute Gasteiger partial charge is 0.508 e. The van der Waals surface area contributed by atoms with Crippen molar-refractivity contribution in [2.45, 2.75) is 18.6 Å². The molecule has 2 heterocycles. The first-order valence-electron chi connectivity index (χ1n) is 6.15. The molecule has 2 aromatic rings. The van der Waals surface area contributed by atoms with Crippen molar-refractivity contribution in [1.29, 1.82) is 0 Å². The second kappa shape index (κ2) is 4.43. The molecule has 1 atom stereocenters. The van der Waals surface area contributed by atoms with Crippen LogP contribution < -0.4 is 5.32 Å². The highest BCUT2D eigenvalue weighted by Gasteiger charge is 2.43. The summed E-state index contributed by atoms with van der Waals surface area (Å²) in [5.74, 6) is 0.464. The first-order valence-corrected chi connectivity index (χ1v) is 6.15. The molecule has 0 amide bonds. The molecule has 1 unspecified atom stereocenters. The minimum Gasteiger partial charge on any atom is -0.508 e. The van der Waals surface area contributed by atoms with Gasteiger partial charge in [0.25, 0.3) is 0 Å². The van der Waals surface area contributed by atoms with Gasteiger partial charge in [-0.2, -0.15) is 18.3 Å². The lowest BCUT2D eigenvalue weighted by Crippen LogP contribution is -2.33. The number of phenols is 1. The lowest BCUT2D eigenvalue weighted by molar-refractivity contribution is -0.171. The Bertz CT molecular complexity index is 619. The van der Waals surface area contributed by atoms with Crippen molar-refractivity contribution < 1.29 is 18.3 Å². The summed E-state index contributed by atoms with van der Waals surface area (Å²) in [4.78, 5) is 0. The van der Waals surface area contributed by atoms with Crippen molar-refractivity contribution in [2.75, 3.05) is 11.9 Å². The van der Waals surface area contributed by atoms with Crippen molar-refractivity contribution >= 4 is 5.82 Å². The summed E-state index contributed by atoms with van der Waals surface area (Å²) in [6.07, 6.45) is -4.34. The second-order valence-corrected chi connectivity index (χ2v) is 4.68. The van der Waals surface area contributed by atoms with Crippen LogP contribution in [0.25, 0.3) is 11.3 Å². The molecule has 0 bridgehead atoms. The SMILES string of the molecule is Oc1ccc(-c2cc3n(n2)C(C(F)(F)F)CCN3)cc1. The van der Waals surface area contributed by atoms with E-state index >= 15 is 0 Å². The molecule has 1 aromatic heterocycles. The van der Waals surface area contributed by atoms with E-state index in [2.05, 4.69) is 10.4 Å². The fourth-order valence-electron chi connectivity index (χ4n) is 2.30. The number of nitrogens with zero attached hydrogens (tertiary/aromatic N) is 2. The Morgan fingerprint density at radius 2 is 1.95 bits per heavy atom. The summed E-state index contributed by atoms with van der Waals surface area (Å²) < 4.78 is 39.9. The van der Waals surface area contributed by atoms with Gasteiger partial charge < -0.3 is 10.4 Å². The number of aromatic hydroxyl groups is 1. The van der Waals surface area contributed by atoms with Crippen LogP contribution in [0.5, 0.6) is 5.75 Å². The number of nitrogens with one attached hydrogen (secondary N) is 1. The molecule has 0 spiro atoms. The molecule has 1 aromatic carbocycles. The molecule has 20 heavy (non-hydrogen) atoms. The van der Waals surface area contributed by atoms with Gasteiger partial charge in [0.1, 0.15) is 11.6 Å². The zero-order valence-corrected chi connectivity index (χ0v) is 10.4. The Morgan fingerprint density at radius 3 is 2.60 bits per heavy atom. The monoisotopic (exact) mass is 283 g/mol. The van der Waals surface area contributed by atoms with Gasteiger partial charge in [-0.05, 0) is 30.7 Å². The quantitative estimate of drug-likeness (QED) is 0.845. The van der Waals surface area contributed by atoms with E-state index in [0.29, 0.717) is 17.1 Å². The van der Waals surface area contributed by atoms with Crippen LogP contribution in [0, 0.1) is 0 Å². The van der Waals surface area contributed by atoms with Crippen LogP contribution in [-0.2, 0) is 0 Å². The van der Waals surface area contributed by atoms with Crippen LogP contribution in [0.15, 0.2) is 30.3 Å². The Balaban J connectivity index is 2.01. The molecule has 0 aliphatic carbocycles. The van der Waals surface area contributed by atoms with E-state index in [1.807, 2.05) is 0 Å². The van der Waals surface area contributed by atoms with Crippen LogP contribution >= 0.6 is 0 Å². The van der Waals surface area contributed by atoms with Crippen molar-refractivity contribution in [2.24, 2.45) is 0 Å². The predicted octanol–water partition coefficient (Wildman–Crippen LogP) is 3.17. The maximum Gasteiger partial charge on any atom is 0.410 e. The van der Waals surface area contributed by atoms with Crippen LogP contribution in [0.2, 0.25) is 0 Å². The Morgan fingerprint density at radius 1 is 1.25 bits per heavy atom. The van der Waals surface area contributed by atoms with Gasteiger partial charge in [0.15, 0.2) is 6.04 Å². The summed E-state index contributed by atoms with van der Waals surface area (Å²) >= 11 is 0. The lowest BCUT2D eigenvalue weighted by atomic mass is 10.1. The number of alkyl halides is 3. The third-order valence-corrected chi connectivity index (χ3v) is 3.30. The van der Waals surface area contributed by atoms with Crippen molar-refractivity contribution in [3.63, 3.8) is 0 Å². The normalized spacial score (nSPS) is 18.4. The average molecular weight is 283 g/mol. The molecule has 7 heteroatoms. The Kier molecular flexibility index (Phi) is 2.84. The smallest absolute Gasteiger partial charge is 0.410 e. The van der Waals surface area contributed by atoms with Crippen molar-refractivity contribution in [3.8, 4) is 17.0 Å².